The second kappa shape index (κ2) is 4.77. The number of amides is 1. The number of hydrogen-bond acceptors (Lipinski definition) is 3. The maximum Gasteiger partial charge on any atom is 0.256 e. The van der Waals surface area contributed by atoms with Crippen LogP contribution in [0.1, 0.15) is 11.3 Å². The van der Waals surface area contributed by atoms with Crippen LogP contribution < -0.4 is 14.8 Å². The van der Waals surface area contributed by atoms with Crippen LogP contribution in [0, 0.1) is 0 Å². The summed E-state index contributed by atoms with van der Waals surface area (Å²) in [5.41, 5.74) is 2.95. The van der Waals surface area contributed by atoms with Crippen LogP contribution in [0.15, 0.2) is 30.5 Å². The van der Waals surface area contributed by atoms with E-state index in [1.54, 1.807) is 26.5 Å². The van der Waals surface area contributed by atoms with Crippen molar-refractivity contribution < 1.29 is 14.3 Å². The van der Waals surface area contributed by atoms with Crippen molar-refractivity contribution >= 4 is 23.2 Å². The monoisotopic (exact) mass is 270 g/mol. The van der Waals surface area contributed by atoms with Crippen molar-refractivity contribution in [3.63, 3.8) is 0 Å². The number of aromatic nitrogens is 1. The van der Waals surface area contributed by atoms with E-state index >= 15 is 0 Å². The minimum atomic E-state index is -0.134. The third-order valence-corrected chi connectivity index (χ3v) is 3.26. The third kappa shape index (κ3) is 1.93. The predicted octanol–water partition coefficient (Wildman–Crippen LogP) is 2.52. The van der Waals surface area contributed by atoms with E-state index in [0.29, 0.717) is 17.1 Å². The highest BCUT2D eigenvalue weighted by Crippen LogP contribution is 2.36. The highest BCUT2D eigenvalue weighted by atomic mass is 16.5. The maximum atomic E-state index is 12.1. The zero-order valence-corrected chi connectivity index (χ0v) is 11.2. The molecule has 102 valence electrons. The average Bonchev–Trinajstić information content (AvgIpc) is 3.03. The minimum absolute atomic E-state index is 0.134. The molecule has 0 spiro atoms. The fraction of sp³-hybridized carbons (Fsp3) is 0.133. The number of anilines is 1. The number of carbonyl (C=O) groups is 1. The molecule has 0 aliphatic carbocycles. The summed E-state index contributed by atoms with van der Waals surface area (Å²) in [5, 5.41) is 2.83. The van der Waals surface area contributed by atoms with E-state index in [0.717, 1.165) is 16.9 Å². The van der Waals surface area contributed by atoms with Crippen molar-refractivity contribution in [3.8, 4) is 11.5 Å². The van der Waals surface area contributed by atoms with Crippen LogP contribution >= 0.6 is 0 Å². The molecule has 2 heterocycles. The number of methoxy groups -OCH3 is 2. The summed E-state index contributed by atoms with van der Waals surface area (Å²) in [6.07, 6.45) is 3.55. The van der Waals surface area contributed by atoms with E-state index in [9.17, 15) is 4.79 Å². The summed E-state index contributed by atoms with van der Waals surface area (Å²) >= 11 is 0. The standard InChI is InChI=1S/C15H14N2O3/c1-19-9-3-4-12-10(7-9)11(15(18)17-12)8-13-14(20-2)5-6-16-13/h3-8,16H,1-2H3,(H,17,18)/b11-8-. The van der Waals surface area contributed by atoms with E-state index < -0.39 is 0 Å². The Bertz CT molecular complexity index is 701. The van der Waals surface area contributed by atoms with Crippen molar-refractivity contribution in [2.24, 2.45) is 0 Å². The van der Waals surface area contributed by atoms with E-state index in [1.165, 1.54) is 0 Å². The van der Waals surface area contributed by atoms with Gasteiger partial charge in [0.2, 0.25) is 0 Å². The van der Waals surface area contributed by atoms with Gasteiger partial charge in [-0.2, -0.15) is 0 Å². The van der Waals surface area contributed by atoms with Gasteiger partial charge in [0.1, 0.15) is 11.5 Å². The first-order valence-corrected chi connectivity index (χ1v) is 6.15. The predicted molar refractivity (Wildman–Crippen MR) is 76.8 cm³/mol. The lowest BCUT2D eigenvalue weighted by Gasteiger charge is -2.03. The molecule has 0 saturated carbocycles. The number of fused-ring (bicyclic) bond motifs is 1. The lowest BCUT2D eigenvalue weighted by atomic mass is 10.1. The molecular formula is C15H14N2O3. The first-order chi connectivity index (χ1) is 9.72. The zero-order chi connectivity index (χ0) is 14.1. The summed E-state index contributed by atoms with van der Waals surface area (Å²) in [7, 11) is 3.19. The Morgan fingerprint density at radius 1 is 1.15 bits per heavy atom. The molecule has 2 N–H and O–H groups in total. The van der Waals surface area contributed by atoms with Gasteiger partial charge in [0, 0.05) is 17.4 Å². The van der Waals surface area contributed by atoms with Crippen LogP contribution in [0.3, 0.4) is 0 Å². The van der Waals surface area contributed by atoms with Crippen molar-refractivity contribution in [2.45, 2.75) is 0 Å². The Balaban J connectivity index is 2.09. The fourth-order valence-electron chi connectivity index (χ4n) is 2.24. The van der Waals surface area contributed by atoms with Gasteiger partial charge in [-0.15, -0.1) is 0 Å². The van der Waals surface area contributed by atoms with Crippen LogP contribution in [-0.2, 0) is 4.79 Å². The normalized spacial score (nSPS) is 15.1. The number of H-pyrrole nitrogens is 1. The number of hydrogen-bond donors (Lipinski definition) is 2. The molecule has 0 unspecified atom stereocenters. The highest BCUT2D eigenvalue weighted by Gasteiger charge is 2.25. The molecule has 1 amide bonds. The molecule has 5 heteroatoms. The molecule has 5 nitrogen and oxygen atoms in total. The summed E-state index contributed by atoms with van der Waals surface area (Å²) in [4.78, 5) is 15.1. The Morgan fingerprint density at radius 2 is 2.00 bits per heavy atom. The fourth-order valence-corrected chi connectivity index (χ4v) is 2.24. The van der Waals surface area contributed by atoms with Gasteiger partial charge in [-0.1, -0.05) is 0 Å². The summed E-state index contributed by atoms with van der Waals surface area (Å²) in [6, 6.07) is 7.30. The third-order valence-electron chi connectivity index (χ3n) is 3.26. The van der Waals surface area contributed by atoms with Crippen LogP contribution in [0.2, 0.25) is 0 Å². The molecule has 0 radical (unpaired) electrons. The molecule has 1 aliphatic heterocycles. The van der Waals surface area contributed by atoms with Gasteiger partial charge in [-0.05, 0) is 30.3 Å². The van der Waals surface area contributed by atoms with E-state index in [-0.39, 0.29) is 5.91 Å². The Labute approximate surface area is 116 Å². The smallest absolute Gasteiger partial charge is 0.256 e. The molecule has 0 atom stereocenters. The second-order valence-corrected chi connectivity index (χ2v) is 4.38. The van der Waals surface area contributed by atoms with E-state index in [2.05, 4.69) is 10.3 Å². The van der Waals surface area contributed by atoms with Crippen LogP contribution in [0.25, 0.3) is 11.6 Å². The van der Waals surface area contributed by atoms with Crippen LogP contribution in [0.4, 0.5) is 5.69 Å². The van der Waals surface area contributed by atoms with Crippen LogP contribution in [-0.4, -0.2) is 25.1 Å². The zero-order valence-electron chi connectivity index (χ0n) is 11.2. The van der Waals surface area contributed by atoms with Gasteiger partial charge in [0.25, 0.3) is 5.91 Å². The van der Waals surface area contributed by atoms with Gasteiger partial charge >= 0.3 is 0 Å². The van der Waals surface area contributed by atoms with Crippen molar-refractivity contribution in [1.29, 1.82) is 0 Å². The average molecular weight is 270 g/mol. The first-order valence-electron chi connectivity index (χ1n) is 6.15. The molecule has 2 aromatic rings. The minimum Gasteiger partial charge on any atom is -0.497 e. The van der Waals surface area contributed by atoms with Crippen molar-refractivity contribution in [2.75, 3.05) is 19.5 Å². The SMILES string of the molecule is COc1ccc2c(c1)/C(=C/c1[nH]ccc1OC)C(=O)N2. The molecule has 3 rings (SSSR count). The van der Waals surface area contributed by atoms with Gasteiger partial charge in [0.05, 0.1) is 25.5 Å². The van der Waals surface area contributed by atoms with Crippen molar-refractivity contribution in [3.05, 3.63) is 41.7 Å². The largest absolute Gasteiger partial charge is 0.497 e. The maximum absolute atomic E-state index is 12.1. The molecular weight excluding hydrogens is 256 g/mol. The second-order valence-electron chi connectivity index (χ2n) is 4.38. The number of benzene rings is 1. The first kappa shape index (κ1) is 12.3. The number of aromatic amines is 1. The molecule has 1 aromatic carbocycles. The van der Waals surface area contributed by atoms with Crippen molar-refractivity contribution in [1.82, 2.24) is 4.98 Å². The lowest BCUT2D eigenvalue weighted by molar-refractivity contribution is -0.110. The topological polar surface area (TPSA) is 63.4 Å². The number of carbonyl (C=O) groups excluding carboxylic acids is 1. The number of nitrogens with one attached hydrogen (secondary N) is 2. The summed E-state index contributed by atoms with van der Waals surface area (Å²) < 4.78 is 10.4. The lowest BCUT2D eigenvalue weighted by Crippen LogP contribution is -2.03. The molecule has 20 heavy (non-hydrogen) atoms. The molecule has 0 fully saturated rings. The van der Waals surface area contributed by atoms with E-state index in [1.807, 2.05) is 24.3 Å². The molecule has 1 aromatic heterocycles. The van der Waals surface area contributed by atoms with Crippen LogP contribution in [0.5, 0.6) is 11.5 Å². The molecule has 1 aliphatic rings. The Hall–Kier alpha value is -2.69. The van der Waals surface area contributed by atoms with E-state index in [4.69, 9.17) is 9.47 Å². The quantitative estimate of drug-likeness (QED) is 0.842. The molecule has 0 bridgehead atoms. The molecule has 0 saturated heterocycles. The number of rotatable bonds is 3. The Kier molecular flexibility index (Phi) is 2.95. The number of ether oxygens (including phenoxy) is 2. The van der Waals surface area contributed by atoms with Gasteiger partial charge in [0.15, 0.2) is 0 Å². The Morgan fingerprint density at radius 3 is 2.75 bits per heavy atom. The summed E-state index contributed by atoms with van der Waals surface area (Å²) in [5.74, 6) is 1.27. The van der Waals surface area contributed by atoms with Gasteiger partial charge in [-0.25, -0.2) is 0 Å². The van der Waals surface area contributed by atoms with Gasteiger partial charge < -0.3 is 19.8 Å². The summed E-state index contributed by atoms with van der Waals surface area (Å²) in [6.45, 7) is 0. The highest BCUT2D eigenvalue weighted by molar-refractivity contribution is 6.35. The van der Waals surface area contributed by atoms with Gasteiger partial charge in [-0.3, -0.25) is 4.79 Å².